The van der Waals surface area contributed by atoms with Crippen LogP contribution >= 0.6 is 11.6 Å². The molecule has 8 heteroatoms. The third-order valence-corrected chi connectivity index (χ3v) is 3.26. The molecule has 1 unspecified atom stereocenters. The zero-order valence-corrected chi connectivity index (χ0v) is 12.7. The van der Waals surface area contributed by atoms with Crippen LogP contribution in [-0.2, 0) is 0 Å². The highest BCUT2D eigenvalue weighted by Crippen LogP contribution is 2.13. The Morgan fingerprint density at radius 1 is 1.33 bits per heavy atom. The normalized spacial score (nSPS) is 12.3. The molecular formula is C13H19ClN6O. The highest BCUT2D eigenvalue weighted by Gasteiger charge is 2.10. The second kappa shape index (κ2) is 7.90. The number of aromatic nitrogens is 5. The fourth-order valence-corrected chi connectivity index (χ4v) is 2.24. The second-order valence-corrected chi connectivity index (χ2v) is 5.06. The molecule has 0 spiro atoms. The van der Waals surface area contributed by atoms with Crippen LogP contribution in [0, 0.1) is 5.92 Å². The third-order valence-electron chi connectivity index (χ3n) is 3.09. The molecule has 1 atom stereocenters. The molecule has 2 heterocycles. The van der Waals surface area contributed by atoms with Crippen LogP contribution in [0.3, 0.4) is 0 Å². The first-order valence-electron chi connectivity index (χ1n) is 6.99. The van der Waals surface area contributed by atoms with Gasteiger partial charge in [-0.1, -0.05) is 13.3 Å². The summed E-state index contributed by atoms with van der Waals surface area (Å²) in [4.78, 5) is 12.4. The van der Waals surface area contributed by atoms with Crippen LogP contribution < -0.4 is 5.32 Å². The Labute approximate surface area is 128 Å². The van der Waals surface area contributed by atoms with Crippen molar-refractivity contribution >= 4 is 17.5 Å². The van der Waals surface area contributed by atoms with Gasteiger partial charge in [-0.25, -0.2) is 4.68 Å². The number of aliphatic hydroxyl groups is 1. The van der Waals surface area contributed by atoms with Crippen molar-refractivity contribution in [3.8, 4) is 5.95 Å². The average molecular weight is 311 g/mol. The molecule has 0 saturated carbocycles. The second-order valence-electron chi connectivity index (χ2n) is 4.73. The van der Waals surface area contributed by atoms with E-state index >= 15 is 0 Å². The van der Waals surface area contributed by atoms with Gasteiger partial charge in [0.25, 0.3) is 5.95 Å². The van der Waals surface area contributed by atoms with Gasteiger partial charge in [-0.15, -0.1) is 0 Å². The molecule has 2 N–H and O–H groups in total. The van der Waals surface area contributed by atoms with Gasteiger partial charge >= 0.3 is 0 Å². The van der Waals surface area contributed by atoms with E-state index in [1.54, 1.807) is 18.5 Å². The number of nitrogens with one attached hydrogen (secondary N) is 1. The van der Waals surface area contributed by atoms with E-state index in [-0.39, 0.29) is 11.9 Å². The minimum atomic E-state index is 0.118. The summed E-state index contributed by atoms with van der Waals surface area (Å²) in [5, 5.41) is 16.4. The lowest BCUT2D eigenvalue weighted by atomic mass is 10.0. The lowest BCUT2D eigenvalue weighted by Gasteiger charge is -2.15. The molecule has 0 aliphatic heterocycles. The first kappa shape index (κ1) is 15.7. The van der Waals surface area contributed by atoms with Gasteiger partial charge < -0.3 is 10.4 Å². The Morgan fingerprint density at radius 3 is 2.86 bits per heavy atom. The van der Waals surface area contributed by atoms with E-state index in [4.69, 9.17) is 16.7 Å². The highest BCUT2D eigenvalue weighted by molar-refractivity contribution is 6.28. The van der Waals surface area contributed by atoms with E-state index in [2.05, 4.69) is 32.3 Å². The molecule has 0 bridgehead atoms. The molecule has 0 saturated heterocycles. The molecule has 2 rings (SSSR count). The van der Waals surface area contributed by atoms with E-state index in [1.165, 1.54) is 4.68 Å². The Kier molecular flexibility index (Phi) is 5.89. The van der Waals surface area contributed by atoms with E-state index in [0.29, 0.717) is 24.4 Å². The number of hydrogen-bond donors (Lipinski definition) is 2. The largest absolute Gasteiger partial charge is 0.396 e. The van der Waals surface area contributed by atoms with Crippen molar-refractivity contribution in [1.29, 1.82) is 0 Å². The molecule has 0 fully saturated rings. The lowest BCUT2D eigenvalue weighted by Crippen LogP contribution is -2.18. The monoisotopic (exact) mass is 310 g/mol. The van der Waals surface area contributed by atoms with Crippen molar-refractivity contribution in [2.24, 2.45) is 5.92 Å². The van der Waals surface area contributed by atoms with Crippen LogP contribution in [0.1, 0.15) is 26.2 Å². The third kappa shape index (κ3) is 4.64. The molecule has 0 radical (unpaired) electrons. The molecule has 21 heavy (non-hydrogen) atoms. The minimum absolute atomic E-state index is 0.118. The van der Waals surface area contributed by atoms with Crippen molar-refractivity contribution in [3.05, 3.63) is 23.7 Å². The Hall–Kier alpha value is -1.73. The van der Waals surface area contributed by atoms with E-state index in [0.717, 1.165) is 19.3 Å². The minimum Gasteiger partial charge on any atom is -0.396 e. The molecule has 0 aliphatic rings. The fourth-order valence-electron chi connectivity index (χ4n) is 2.08. The first-order valence-corrected chi connectivity index (χ1v) is 7.37. The summed E-state index contributed by atoms with van der Waals surface area (Å²) in [6.07, 6.45) is 6.25. The SMILES string of the molecule is CCCC(CCO)CNc1nc(Cl)nc(-n2cccn2)n1. The number of aliphatic hydroxyl groups excluding tert-OH is 1. The van der Waals surface area contributed by atoms with Crippen LogP contribution in [0.15, 0.2) is 18.5 Å². The maximum atomic E-state index is 9.07. The fraction of sp³-hybridized carbons (Fsp3) is 0.538. The summed E-state index contributed by atoms with van der Waals surface area (Å²) < 4.78 is 1.52. The summed E-state index contributed by atoms with van der Waals surface area (Å²) in [6.45, 7) is 3.00. The standard InChI is InChI=1S/C13H19ClN6O/c1-2-4-10(5-8-21)9-15-12-17-11(14)18-13(19-12)20-7-3-6-16-20/h3,6-7,10,21H,2,4-5,8-9H2,1H3,(H,15,17,18,19). The lowest BCUT2D eigenvalue weighted by molar-refractivity contribution is 0.255. The van der Waals surface area contributed by atoms with Gasteiger partial charge in [0.2, 0.25) is 11.2 Å². The Balaban J connectivity index is 2.06. The van der Waals surface area contributed by atoms with Crippen molar-refractivity contribution in [2.75, 3.05) is 18.5 Å². The van der Waals surface area contributed by atoms with E-state index in [1.807, 2.05) is 0 Å². The zero-order valence-electron chi connectivity index (χ0n) is 11.9. The molecule has 2 aromatic heterocycles. The summed E-state index contributed by atoms with van der Waals surface area (Å²) in [6, 6.07) is 1.78. The molecular weight excluding hydrogens is 292 g/mol. The van der Waals surface area contributed by atoms with Gasteiger partial charge in [-0.3, -0.25) is 0 Å². The van der Waals surface area contributed by atoms with E-state index < -0.39 is 0 Å². The van der Waals surface area contributed by atoms with Crippen LogP contribution in [-0.4, -0.2) is 43.0 Å². The predicted octanol–water partition coefficient (Wildman–Crippen LogP) is 1.92. The number of halogens is 1. The van der Waals surface area contributed by atoms with Crippen LogP contribution in [0.5, 0.6) is 0 Å². The number of anilines is 1. The van der Waals surface area contributed by atoms with Gasteiger partial charge in [0, 0.05) is 25.5 Å². The molecule has 114 valence electrons. The van der Waals surface area contributed by atoms with E-state index in [9.17, 15) is 0 Å². The van der Waals surface area contributed by atoms with Crippen molar-refractivity contribution in [1.82, 2.24) is 24.7 Å². The quantitative estimate of drug-likeness (QED) is 0.774. The molecule has 0 amide bonds. The smallest absolute Gasteiger partial charge is 0.256 e. The molecule has 0 aliphatic carbocycles. The topological polar surface area (TPSA) is 88.8 Å². The van der Waals surface area contributed by atoms with Crippen molar-refractivity contribution in [2.45, 2.75) is 26.2 Å². The molecule has 7 nitrogen and oxygen atoms in total. The van der Waals surface area contributed by atoms with Crippen molar-refractivity contribution in [3.63, 3.8) is 0 Å². The average Bonchev–Trinajstić information content (AvgIpc) is 2.99. The summed E-state index contributed by atoms with van der Waals surface area (Å²) in [5.74, 6) is 1.17. The molecule has 2 aromatic rings. The summed E-state index contributed by atoms with van der Waals surface area (Å²) in [7, 11) is 0. The Morgan fingerprint density at radius 2 is 2.19 bits per heavy atom. The summed E-state index contributed by atoms with van der Waals surface area (Å²) >= 11 is 5.92. The van der Waals surface area contributed by atoms with Gasteiger partial charge in [-0.05, 0) is 36.4 Å². The summed E-state index contributed by atoms with van der Waals surface area (Å²) in [5.41, 5.74) is 0. The van der Waals surface area contributed by atoms with Crippen LogP contribution in [0.2, 0.25) is 5.28 Å². The molecule has 0 aromatic carbocycles. The van der Waals surface area contributed by atoms with Crippen LogP contribution in [0.4, 0.5) is 5.95 Å². The van der Waals surface area contributed by atoms with Crippen LogP contribution in [0.25, 0.3) is 5.95 Å². The van der Waals surface area contributed by atoms with Gasteiger partial charge in [-0.2, -0.15) is 20.1 Å². The Bertz CT molecular complexity index is 542. The maximum Gasteiger partial charge on any atom is 0.256 e. The number of hydrogen-bond acceptors (Lipinski definition) is 6. The number of rotatable bonds is 8. The first-order chi connectivity index (χ1) is 10.2. The van der Waals surface area contributed by atoms with Gasteiger partial charge in [0.1, 0.15) is 0 Å². The predicted molar refractivity (Wildman–Crippen MR) is 80.5 cm³/mol. The zero-order chi connectivity index (χ0) is 15.1. The van der Waals surface area contributed by atoms with Gasteiger partial charge in [0.15, 0.2) is 0 Å². The highest BCUT2D eigenvalue weighted by atomic mass is 35.5. The van der Waals surface area contributed by atoms with Gasteiger partial charge in [0.05, 0.1) is 0 Å². The maximum absolute atomic E-state index is 9.07. The number of nitrogens with zero attached hydrogens (tertiary/aromatic N) is 5. The van der Waals surface area contributed by atoms with Crippen molar-refractivity contribution < 1.29 is 5.11 Å².